The number of nitrogen functional groups attached to an aromatic ring is 1. The molecule has 0 aromatic heterocycles. The molecular formula is C14H22N2O3S. The van der Waals surface area contributed by atoms with E-state index in [1.54, 1.807) is 32.1 Å². The molecular weight excluding hydrogens is 276 g/mol. The van der Waals surface area contributed by atoms with Crippen LogP contribution in [0, 0.1) is 13.8 Å². The summed E-state index contributed by atoms with van der Waals surface area (Å²) in [6.45, 7) is 7.93. The second-order valence-electron chi connectivity index (χ2n) is 4.57. The van der Waals surface area contributed by atoms with Gasteiger partial charge in [-0.15, -0.1) is 6.58 Å². The zero-order chi connectivity index (χ0) is 15.3. The van der Waals surface area contributed by atoms with Gasteiger partial charge in [0.2, 0.25) is 10.0 Å². The lowest BCUT2D eigenvalue weighted by Gasteiger charge is -2.23. The maximum Gasteiger partial charge on any atom is 0.244 e. The highest BCUT2D eigenvalue weighted by Gasteiger charge is 2.27. The topological polar surface area (TPSA) is 72.6 Å². The first-order valence-corrected chi connectivity index (χ1v) is 7.76. The maximum absolute atomic E-state index is 12.8. The summed E-state index contributed by atoms with van der Waals surface area (Å²) in [6, 6.07) is 3.44. The van der Waals surface area contributed by atoms with Gasteiger partial charge in [-0.25, -0.2) is 8.42 Å². The van der Waals surface area contributed by atoms with Crippen molar-refractivity contribution in [3.8, 4) is 0 Å². The van der Waals surface area contributed by atoms with Crippen LogP contribution in [0.3, 0.4) is 0 Å². The molecule has 20 heavy (non-hydrogen) atoms. The van der Waals surface area contributed by atoms with E-state index in [0.717, 1.165) is 0 Å². The number of sulfonamides is 1. The minimum atomic E-state index is -3.62. The van der Waals surface area contributed by atoms with Crippen LogP contribution in [-0.4, -0.2) is 39.5 Å². The van der Waals surface area contributed by atoms with E-state index in [2.05, 4.69) is 6.58 Å². The number of rotatable bonds is 7. The number of ether oxygens (including phenoxy) is 1. The van der Waals surface area contributed by atoms with E-state index >= 15 is 0 Å². The van der Waals surface area contributed by atoms with Crippen LogP contribution >= 0.6 is 0 Å². The lowest BCUT2D eigenvalue weighted by atomic mass is 10.1. The smallest absolute Gasteiger partial charge is 0.244 e. The summed E-state index contributed by atoms with van der Waals surface area (Å²) in [4.78, 5) is 0.274. The first-order valence-electron chi connectivity index (χ1n) is 6.32. The van der Waals surface area contributed by atoms with Gasteiger partial charge in [0.15, 0.2) is 0 Å². The Morgan fingerprint density at radius 2 is 2.05 bits per heavy atom. The second-order valence-corrected chi connectivity index (χ2v) is 6.45. The number of methoxy groups -OCH3 is 1. The van der Waals surface area contributed by atoms with E-state index in [1.807, 2.05) is 0 Å². The fourth-order valence-electron chi connectivity index (χ4n) is 2.02. The molecule has 1 aromatic rings. The van der Waals surface area contributed by atoms with Gasteiger partial charge in [0.1, 0.15) is 0 Å². The van der Waals surface area contributed by atoms with Crippen LogP contribution in [0.5, 0.6) is 0 Å². The first kappa shape index (κ1) is 16.7. The molecule has 0 aliphatic rings. The Kier molecular flexibility index (Phi) is 5.74. The predicted molar refractivity (Wildman–Crippen MR) is 81.2 cm³/mol. The number of hydrogen-bond acceptors (Lipinski definition) is 4. The third kappa shape index (κ3) is 3.39. The van der Waals surface area contributed by atoms with Crippen LogP contribution in [0.25, 0.3) is 0 Å². The molecule has 112 valence electrons. The number of anilines is 1. The molecule has 0 unspecified atom stereocenters. The van der Waals surface area contributed by atoms with E-state index in [1.165, 1.54) is 11.4 Å². The summed E-state index contributed by atoms with van der Waals surface area (Å²) in [5, 5.41) is 0. The summed E-state index contributed by atoms with van der Waals surface area (Å²) in [6.07, 6.45) is 1.56. The highest BCUT2D eigenvalue weighted by Crippen LogP contribution is 2.27. The van der Waals surface area contributed by atoms with Gasteiger partial charge in [0.25, 0.3) is 0 Å². The largest absolute Gasteiger partial charge is 0.398 e. The summed E-state index contributed by atoms with van der Waals surface area (Å²) in [5.41, 5.74) is 7.57. The number of benzene rings is 1. The molecule has 0 saturated heterocycles. The van der Waals surface area contributed by atoms with Gasteiger partial charge in [-0.05, 0) is 31.0 Å². The van der Waals surface area contributed by atoms with Gasteiger partial charge < -0.3 is 10.5 Å². The van der Waals surface area contributed by atoms with Crippen LogP contribution in [0.2, 0.25) is 0 Å². The zero-order valence-corrected chi connectivity index (χ0v) is 13.0. The fraction of sp³-hybridized carbons (Fsp3) is 0.429. The van der Waals surface area contributed by atoms with Gasteiger partial charge in [-0.3, -0.25) is 0 Å². The molecule has 0 aliphatic heterocycles. The number of hydrogen-bond donors (Lipinski definition) is 1. The molecule has 6 heteroatoms. The molecule has 5 nitrogen and oxygen atoms in total. The van der Waals surface area contributed by atoms with E-state index < -0.39 is 10.0 Å². The SMILES string of the molecule is C=CCN(CCOC)S(=O)(=O)c1c(C)ccc(N)c1C. The van der Waals surface area contributed by atoms with Crippen LogP contribution in [0.4, 0.5) is 5.69 Å². The Hall–Kier alpha value is -1.37. The van der Waals surface area contributed by atoms with Crippen molar-refractivity contribution in [2.75, 3.05) is 32.5 Å². The van der Waals surface area contributed by atoms with E-state index in [4.69, 9.17) is 10.5 Å². The van der Waals surface area contributed by atoms with Crippen molar-refractivity contribution >= 4 is 15.7 Å². The molecule has 0 radical (unpaired) electrons. The van der Waals surface area contributed by atoms with Crippen molar-refractivity contribution in [3.63, 3.8) is 0 Å². The molecule has 1 aromatic carbocycles. The lowest BCUT2D eigenvalue weighted by molar-refractivity contribution is 0.182. The number of aryl methyl sites for hydroxylation is 1. The summed E-state index contributed by atoms with van der Waals surface area (Å²) < 4.78 is 31.9. The van der Waals surface area contributed by atoms with Crippen LogP contribution in [-0.2, 0) is 14.8 Å². The third-order valence-electron chi connectivity index (χ3n) is 3.12. The van der Waals surface area contributed by atoms with Crippen molar-refractivity contribution in [1.82, 2.24) is 4.31 Å². The fourth-order valence-corrected chi connectivity index (χ4v) is 3.87. The highest BCUT2D eigenvalue weighted by atomic mass is 32.2. The van der Waals surface area contributed by atoms with E-state index in [0.29, 0.717) is 23.4 Å². The molecule has 0 aliphatic carbocycles. The minimum Gasteiger partial charge on any atom is -0.398 e. The Bertz CT molecular complexity index is 582. The normalized spacial score (nSPS) is 11.8. The van der Waals surface area contributed by atoms with Crippen LogP contribution in [0.15, 0.2) is 29.7 Å². The molecule has 0 fully saturated rings. The van der Waals surface area contributed by atoms with Gasteiger partial charge in [-0.1, -0.05) is 12.1 Å². The average Bonchev–Trinajstić information content (AvgIpc) is 2.39. The van der Waals surface area contributed by atoms with Gasteiger partial charge in [0, 0.05) is 25.9 Å². The first-order chi connectivity index (χ1) is 9.36. The Morgan fingerprint density at radius 1 is 1.40 bits per heavy atom. The Morgan fingerprint density at radius 3 is 2.60 bits per heavy atom. The monoisotopic (exact) mass is 298 g/mol. The van der Waals surface area contributed by atoms with Crippen LogP contribution < -0.4 is 5.73 Å². The maximum atomic E-state index is 12.8. The van der Waals surface area contributed by atoms with Gasteiger partial charge >= 0.3 is 0 Å². The molecule has 0 saturated carbocycles. The molecule has 0 amide bonds. The molecule has 0 heterocycles. The molecule has 0 atom stereocenters. The lowest BCUT2D eigenvalue weighted by Crippen LogP contribution is -2.35. The summed E-state index contributed by atoms with van der Waals surface area (Å²) >= 11 is 0. The van der Waals surface area contributed by atoms with Crippen molar-refractivity contribution < 1.29 is 13.2 Å². The second kappa shape index (κ2) is 6.88. The van der Waals surface area contributed by atoms with Crippen LogP contribution in [0.1, 0.15) is 11.1 Å². The molecule has 0 spiro atoms. The highest BCUT2D eigenvalue weighted by molar-refractivity contribution is 7.89. The van der Waals surface area contributed by atoms with Gasteiger partial charge in [-0.2, -0.15) is 4.31 Å². The summed E-state index contributed by atoms with van der Waals surface area (Å²) in [5.74, 6) is 0. The van der Waals surface area contributed by atoms with E-state index in [9.17, 15) is 8.42 Å². The summed E-state index contributed by atoms with van der Waals surface area (Å²) in [7, 11) is -2.08. The minimum absolute atomic E-state index is 0.235. The Balaban J connectivity index is 3.33. The van der Waals surface area contributed by atoms with Crippen molar-refractivity contribution in [3.05, 3.63) is 35.9 Å². The average molecular weight is 298 g/mol. The van der Waals surface area contributed by atoms with Crippen molar-refractivity contribution in [2.45, 2.75) is 18.7 Å². The number of nitrogens with two attached hydrogens (primary N) is 1. The Labute approximate surface area is 121 Å². The quantitative estimate of drug-likeness (QED) is 0.614. The van der Waals surface area contributed by atoms with Crippen molar-refractivity contribution in [1.29, 1.82) is 0 Å². The van der Waals surface area contributed by atoms with E-state index in [-0.39, 0.29) is 18.0 Å². The molecule has 0 bridgehead atoms. The molecule has 2 N–H and O–H groups in total. The number of nitrogens with zero attached hydrogens (tertiary/aromatic N) is 1. The standard InChI is InChI=1S/C14H22N2O3S/c1-5-8-16(9-10-19-4)20(17,18)14-11(2)6-7-13(15)12(14)3/h5-7H,1,8-10,15H2,2-4H3. The van der Waals surface area contributed by atoms with Gasteiger partial charge in [0.05, 0.1) is 11.5 Å². The third-order valence-corrected chi connectivity index (χ3v) is 5.28. The predicted octanol–water partition coefficient (Wildman–Crippen LogP) is 1.71. The van der Waals surface area contributed by atoms with Crippen molar-refractivity contribution in [2.24, 2.45) is 0 Å². The molecule has 1 rings (SSSR count). The zero-order valence-electron chi connectivity index (χ0n) is 12.2.